The van der Waals surface area contributed by atoms with Crippen LogP contribution < -0.4 is 0 Å². The van der Waals surface area contributed by atoms with Gasteiger partial charge in [0.25, 0.3) is 0 Å². The van der Waals surface area contributed by atoms with E-state index in [0.717, 1.165) is 10.8 Å². The van der Waals surface area contributed by atoms with Crippen molar-refractivity contribution in [2.45, 2.75) is 0 Å². The lowest BCUT2D eigenvalue weighted by molar-refractivity contribution is 0.481. The SMILES string of the molecule is Cl.Oc1cccc2ccccc12.[MgH2]. The Morgan fingerprint density at radius 2 is 1.46 bits per heavy atom. The average Bonchev–Trinajstić information content (AvgIpc) is 2.06. The number of halogens is 1. The number of hydrogen-bond donors (Lipinski definition) is 1. The summed E-state index contributed by atoms with van der Waals surface area (Å²) in [7, 11) is 0. The summed E-state index contributed by atoms with van der Waals surface area (Å²) in [5.74, 6) is 0.350. The molecule has 2 aromatic carbocycles. The Bertz CT molecular complexity index is 384. The highest BCUT2D eigenvalue weighted by Crippen LogP contribution is 2.22. The molecule has 2 aromatic rings. The Kier molecular flexibility index (Phi) is 5.14. The van der Waals surface area contributed by atoms with Gasteiger partial charge in [-0.3, -0.25) is 0 Å². The van der Waals surface area contributed by atoms with Gasteiger partial charge in [0.15, 0.2) is 0 Å². The Morgan fingerprint density at radius 3 is 2.15 bits per heavy atom. The third kappa shape index (κ3) is 2.50. The van der Waals surface area contributed by atoms with E-state index >= 15 is 0 Å². The van der Waals surface area contributed by atoms with Crippen molar-refractivity contribution in [3.63, 3.8) is 0 Å². The molecule has 0 atom stereocenters. The Labute approximate surface area is 99.3 Å². The lowest BCUT2D eigenvalue weighted by Gasteiger charge is -1.97. The molecule has 0 bridgehead atoms. The lowest BCUT2D eigenvalue weighted by atomic mass is 10.1. The Balaban J connectivity index is 0.000000720. The maximum Gasteiger partial charge on any atom is 0.316 e. The molecule has 0 spiro atoms. The van der Waals surface area contributed by atoms with Gasteiger partial charge >= 0.3 is 23.1 Å². The van der Waals surface area contributed by atoms with Crippen LogP contribution in [0.4, 0.5) is 0 Å². The van der Waals surface area contributed by atoms with Crippen molar-refractivity contribution in [3.05, 3.63) is 42.5 Å². The topological polar surface area (TPSA) is 20.2 Å². The van der Waals surface area contributed by atoms with Gasteiger partial charge in [-0.15, -0.1) is 12.4 Å². The van der Waals surface area contributed by atoms with Crippen molar-refractivity contribution in [3.8, 4) is 5.75 Å². The number of rotatable bonds is 0. The third-order valence-corrected chi connectivity index (χ3v) is 1.77. The predicted octanol–water partition coefficient (Wildman–Crippen LogP) is 2.05. The van der Waals surface area contributed by atoms with Crippen LogP contribution in [0.5, 0.6) is 5.75 Å². The molecule has 0 amide bonds. The number of aromatic hydroxyl groups is 1. The molecule has 0 saturated carbocycles. The zero-order valence-electron chi connectivity index (χ0n) is 6.40. The molecule has 0 aliphatic heterocycles. The summed E-state index contributed by atoms with van der Waals surface area (Å²) in [6.07, 6.45) is 0. The summed E-state index contributed by atoms with van der Waals surface area (Å²) in [4.78, 5) is 0. The monoisotopic (exact) mass is 206 g/mol. The highest BCUT2D eigenvalue weighted by molar-refractivity contribution is 5.87. The van der Waals surface area contributed by atoms with Crippen LogP contribution in [0.1, 0.15) is 0 Å². The first-order valence-corrected chi connectivity index (χ1v) is 3.54. The quantitative estimate of drug-likeness (QED) is 0.655. The summed E-state index contributed by atoms with van der Waals surface area (Å²) < 4.78 is 0. The second kappa shape index (κ2) is 5.32. The van der Waals surface area contributed by atoms with Gasteiger partial charge in [0, 0.05) is 5.39 Å². The molecule has 0 aliphatic rings. The second-order valence-electron chi connectivity index (χ2n) is 2.50. The number of phenolic OH excluding ortho intramolecular Hbond substituents is 1. The van der Waals surface area contributed by atoms with Gasteiger partial charge in [-0.25, -0.2) is 0 Å². The van der Waals surface area contributed by atoms with Gasteiger partial charge in [-0.2, -0.15) is 0 Å². The van der Waals surface area contributed by atoms with E-state index in [1.54, 1.807) is 6.07 Å². The van der Waals surface area contributed by atoms with Crippen LogP contribution in [0.15, 0.2) is 42.5 Å². The highest BCUT2D eigenvalue weighted by atomic mass is 35.5. The van der Waals surface area contributed by atoms with Crippen LogP contribution in [0, 0.1) is 0 Å². The maximum atomic E-state index is 9.37. The van der Waals surface area contributed by atoms with Gasteiger partial charge in [0.2, 0.25) is 0 Å². The summed E-state index contributed by atoms with van der Waals surface area (Å²) >= 11 is 0. The van der Waals surface area contributed by atoms with Crippen molar-refractivity contribution < 1.29 is 5.11 Å². The number of fused-ring (bicyclic) bond motifs is 1. The fraction of sp³-hybridized carbons (Fsp3) is 0. The van der Waals surface area contributed by atoms with Gasteiger partial charge in [0.05, 0.1) is 0 Å². The van der Waals surface area contributed by atoms with E-state index in [1.165, 1.54) is 0 Å². The summed E-state index contributed by atoms with van der Waals surface area (Å²) in [6, 6.07) is 13.3. The average molecular weight is 207 g/mol. The zero-order valence-corrected chi connectivity index (χ0v) is 7.21. The minimum absolute atomic E-state index is 0. The number of benzene rings is 2. The van der Waals surface area contributed by atoms with E-state index < -0.39 is 0 Å². The van der Waals surface area contributed by atoms with Gasteiger partial charge < -0.3 is 5.11 Å². The molecule has 0 saturated heterocycles. The number of phenols is 1. The number of hydrogen-bond acceptors (Lipinski definition) is 1. The van der Waals surface area contributed by atoms with Gasteiger partial charge in [-0.1, -0.05) is 36.4 Å². The van der Waals surface area contributed by atoms with Crippen molar-refractivity contribution in [2.24, 2.45) is 0 Å². The van der Waals surface area contributed by atoms with Crippen LogP contribution in [0.2, 0.25) is 0 Å². The molecule has 0 aliphatic carbocycles. The smallest absolute Gasteiger partial charge is 0.316 e. The molecule has 3 heteroatoms. The molecule has 0 fully saturated rings. The molecular weight excluding hydrogens is 196 g/mol. The first kappa shape index (κ1) is 12.6. The van der Waals surface area contributed by atoms with Crippen LogP contribution in [-0.4, -0.2) is 28.2 Å². The van der Waals surface area contributed by atoms with E-state index in [4.69, 9.17) is 0 Å². The summed E-state index contributed by atoms with van der Waals surface area (Å²) in [6.45, 7) is 0. The lowest BCUT2D eigenvalue weighted by Crippen LogP contribution is -1.70. The predicted molar refractivity (Wildman–Crippen MR) is 61.4 cm³/mol. The van der Waals surface area contributed by atoms with Gasteiger partial charge in [0.1, 0.15) is 5.75 Å². The first-order valence-electron chi connectivity index (χ1n) is 3.54. The highest BCUT2D eigenvalue weighted by Gasteiger charge is 1.94. The second-order valence-corrected chi connectivity index (χ2v) is 2.50. The largest absolute Gasteiger partial charge is 0.507 e. The van der Waals surface area contributed by atoms with Crippen LogP contribution in [0.3, 0.4) is 0 Å². The molecule has 13 heavy (non-hydrogen) atoms. The van der Waals surface area contributed by atoms with Gasteiger partial charge in [-0.05, 0) is 11.5 Å². The van der Waals surface area contributed by atoms with E-state index in [0.29, 0.717) is 5.75 Å². The fourth-order valence-electron chi connectivity index (χ4n) is 1.21. The molecular formula is C10H11ClMgO. The molecule has 1 nitrogen and oxygen atoms in total. The Morgan fingerprint density at radius 1 is 0.846 bits per heavy atom. The van der Waals surface area contributed by atoms with Crippen molar-refractivity contribution in [2.75, 3.05) is 0 Å². The standard InChI is InChI=1S/C10H8O.ClH.Mg.2H/c11-10-7-3-5-8-4-1-2-6-9(8)10;;;;/h1-7,11H;1H;;;. The maximum absolute atomic E-state index is 9.37. The molecule has 1 N–H and O–H groups in total. The van der Waals surface area contributed by atoms with Crippen LogP contribution in [0.25, 0.3) is 10.8 Å². The molecule has 0 aromatic heterocycles. The molecule has 0 heterocycles. The minimum Gasteiger partial charge on any atom is -0.507 e. The zero-order chi connectivity index (χ0) is 7.68. The Hall–Kier alpha value is -0.444. The van der Waals surface area contributed by atoms with E-state index in [-0.39, 0.29) is 35.5 Å². The normalized spacial score (nSPS) is 8.62. The van der Waals surface area contributed by atoms with E-state index in [9.17, 15) is 5.11 Å². The fourth-order valence-corrected chi connectivity index (χ4v) is 1.21. The molecule has 66 valence electrons. The first-order chi connectivity index (χ1) is 5.38. The van der Waals surface area contributed by atoms with Crippen LogP contribution in [-0.2, 0) is 0 Å². The minimum atomic E-state index is 0. The molecule has 0 radical (unpaired) electrons. The summed E-state index contributed by atoms with van der Waals surface area (Å²) in [5.41, 5.74) is 0. The molecule has 0 unspecified atom stereocenters. The third-order valence-electron chi connectivity index (χ3n) is 1.77. The van der Waals surface area contributed by atoms with Crippen molar-refractivity contribution in [1.82, 2.24) is 0 Å². The van der Waals surface area contributed by atoms with E-state index in [1.807, 2.05) is 36.4 Å². The van der Waals surface area contributed by atoms with Crippen molar-refractivity contribution >= 4 is 46.2 Å². The van der Waals surface area contributed by atoms with Crippen LogP contribution >= 0.6 is 12.4 Å². The van der Waals surface area contributed by atoms with Crippen molar-refractivity contribution in [1.29, 1.82) is 0 Å². The van der Waals surface area contributed by atoms with E-state index in [2.05, 4.69) is 0 Å². The molecule has 2 rings (SSSR count). The summed E-state index contributed by atoms with van der Waals surface area (Å²) in [5, 5.41) is 11.4.